The lowest BCUT2D eigenvalue weighted by Crippen LogP contribution is -1.93. The Morgan fingerprint density at radius 3 is 1.73 bits per heavy atom. The van der Waals surface area contributed by atoms with Crippen LogP contribution in [0.25, 0.3) is 99.9 Å². The van der Waals surface area contributed by atoms with Crippen molar-refractivity contribution < 1.29 is 4.42 Å². The molecule has 238 valence electrons. The van der Waals surface area contributed by atoms with Gasteiger partial charge < -0.3 is 4.42 Å². The fourth-order valence-corrected chi connectivity index (χ4v) is 7.16. The van der Waals surface area contributed by atoms with E-state index in [0.29, 0.717) is 0 Å². The first kappa shape index (κ1) is 29.0. The molecule has 51 heavy (non-hydrogen) atoms. The van der Waals surface area contributed by atoms with E-state index >= 15 is 0 Å². The predicted octanol–water partition coefficient (Wildman–Crippen LogP) is 11.8. The standard InChI is InChI=1S/C46H28N4O/c1-2-11-31(12-3-1)44-37-24-23-35-34-15-10-14-33(45(34)51-46(35)43(37)36-13-4-5-16-38(36)50-44)30-21-19-29(20-22-30)32-27-41(39-17-6-8-25-47-39)49-42(28-32)40-18-7-9-26-48-40/h1-28H. The van der Waals surface area contributed by atoms with E-state index in [9.17, 15) is 0 Å². The Morgan fingerprint density at radius 2 is 1.00 bits per heavy atom. The van der Waals surface area contributed by atoms with Gasteiger partial charge in [-0.2, -0.15) is 0 Å². The monoisotopic (exact) mass is 652 g/mol. The molecule has 0 radical (unpaired) electrons. The number of rotatable bonds is 5. The number of fused-ring (bicyclic) bond motifs is 7. The molecule has 5 aromatic heterocycles. The summed E-state index contributed by atoms with van der Waals surface area (Å²) >= 11 is 0. The molecule has 0 atom stereocenters. The third-order valence-corrected chi connectivity index (χ3v) is 9.58. The summed E-state index contributed by atoms with van der Waals surface area (Å²) in [6.45, 7) is 0. The normalized spacial score (nSPS) is 11.5. The topological polar surface area (TPSA) is 64.7 Å². The number of pyridine rings is 4. The summed E-state index contributed by atoms with van der Waals surface area (Å²) in [5.74, 6) is 0. The first-order valence-corrected chi connectivity index (χ1v) is 17.0. The molecule has 5 heterocycles. The minimum absolute atomic E-state index is 0.801. The highest BCUT2D eigenvalue weighted by Gasteiger charge is 2.19. The van der Waals surface area contributed by atoms with Crippen molar-refractivity contribution >= 4 is 43.6 Å². The average Bonchev–Trinajstić information content (AvgIpc) is 3.61. The lowest BCUT2D eigenvalue weighted by Gasteiger charge is -2.10. The highest BCUT2D eigenvalue weighted by Crippen LogP contribution is 2.43. The van der Waals surface area contributed by atoms with Gasteiger partial charge in [0.15, 0.2) is 0 Å². The number of hydrogen-bond donors (Lipinski definition) is 0. The molecule has 0 aliphatic rings. The van der Waals surface area contributed by atoms with Crippen LogP contribution in [0, 0.1) is 0 Å². The molecule has 0 saturated carbocycles. The van der Waals surface area contributed by atoms with Gasteiger partial charge in [0.05, 0.1) is 34.0 Å². The minimum atomic E-state index is 0.801. The van der Waals surface area contributed by atoms with Gasteiger partial charge in [0.25, 0.3) is 0 Å². The summed E-state index contributed by atoms with van der Waals surface area (Å²) in [4.78, 5) is 19.2. The lowest BCUT2D eigenvalue weighted by atomic mass is 9.96. The fourth-order valence-electron chi connectivity index (χ4n) is 7.16. The summed E-state index contributed by atoms with van der Waals surface area (Å²) in [6, 6.07) is 54.1. The molecular weight excluding hydrogens is 625 g/mol. The summed E-state index contributed by atoms with van der Waals surface area (Å²) in [5.41, 5.74) is 12.2. The Hall–Kier alpha value is -6.98. The molecule has 5 heteroatoms. The van der Waals surface area contributed by atoms with E-state index < -0.39 is 0 Å². The first-order valence-electron chi connectivity index (χ1n) is 17.0. The zero-order valence-corrected chi connectivity index (χ0v) is 27.4. The fraction of sp³-hybridized carbons (Fsp3) is 0. The molecular formula is C46H28N4O. The number of hydrogen-bond acceptors (Lipinski definition) is 5. The molecule has 0 aliphatic heterocycles. The van der Waals surface area contributed by atoms with Crippen LogP contribution in [-0.4, -0.2) is 19.9 Å². The van der Waals surface area contributed by atoms with Crippen molar-refractivity contribution in [2.24, 2.45) is 0 Å². The van der Waals surface area contributed by atoms with Crippen LogP contribution >= 0.6 is 0 Å². The molecule has 0 spiro atoms. The Morgan fingerprint density at radius 1 is 0.373 bits per heavy atom. The van der Waals surface area contributed by atoms with Crippen LogP contribution in [0.4, 0.5) is 0 Å². The number of aromatic nitrogens is 4. The molecule has 0 amide bonds. The Bertz CT molecular complexity index is 2830. The van der Waals surface area contributed by atoms with Crippen LogP contribution in [0.15, 0.2) is 175 Å². The van der Waals surface area contributed by atoms with E-state index in [1.807, 2.05) is 48.5 Å². The maximum atomic E-state index is 6.94. The largest absolute Gasteiger partial charge is 0.455 e. The van der Waals surface area contributed by atoms with Gasteiger partial charge >= 0.3 is 0 Å². The SMILES string of the molecule is c1ccc(-c2nc3ccccc3c3c2ccc2c4cccc(-c5ccc(-c6cc(-c7ccccn7)nc(-c7ccccn7)c6)cc5)c4oc23)cc1. The maximum absolute atomic E-state index is 6.94. The van der Waals surface area contributed by atoms with E-state index in [0.717, 1.165) is 99.9 Å². The second-order valence-electron chi connectivity index (χ2n) is 12.6. The van der Waals surface area contributed by atoms with Crippen LogP contribution < -0.4 is 0 Å². The molecule has 0 unspecified atom stereocenters. The van der Waals surface area contributed by atoms with E-state index in [1.54, 1.807) is 12.4 Å². The highest BCUT2D eigenvalue weighted by molar-refractivity contribution is 6.25. The van der Waals surface area contributed by atoms with E-state index in [2.05, 4.69) is 119 Å². The lowest BCUT2D eigenvalue weighted by molar-refractivity contribution is 0.674. The maximum Gasteiger partial charge on any atom is 0.144 e. The van der Waals surface area contributed by atoms with Gasteiger partial charge in [-0.05, 0) is 65.2 Å². The molecule has 10 aromatic rings. The van der Waals surface area contributed by atoms with E-state index in [-0.39, 0.29) is 0 Å². The van der Waals surface area contributed by atoms with Crippen molar-refractivity contribution in [3.63, 3.8) is 0 Å². The highest BCUT2D eigenvalue weighted by atomic mass is 16.3. The van der Waals surface area contributed by atoms with Crippen molar-refractivity contribution in [3.05, 3.63) is 170 Å². The Kier molecular flexibility index (Phi) is 6.74. The van der Waals surface area contributed by atoms with Gasteiger partial charge in [-0.25, -0.2) is 9.97 Å². The average molecular weight is 653 g/mol. The number of nitrogens with zero attached hydrogens (tertiary/aromatic N) is 4. The van der Waals surface area contributed by atoms with Crippen LogP contribution in [0.1, 0.15) is 0 Å². The molecule has 5 nitrogen and oxygen atoms in total. The number of furan rings is 1. The predicted molar refractivity (Wildman–Crippen MR) is 207 cm³/mol. The molecule has 5 aromatic carbocycles. The number of para-hydroxylation sites is 2. The van der Waals surface area contributed by atoms with Crippen molar-refractivity contribution in [2.45, 2.75) is 0 Å². The minimum Gasteiger partial charge on any atom is -0.455 e. The molecule has 0 N–H and O–H groups in total. The van der Waals surface area contributed by atoms with E-state index in [4.69, 9.17) is 14.4 Å². The van der Waals surface area contributed by atoms with Crippen LogP contribution in [-0.2, 0) is 0 Å². The molecule has 0 fully saturated rings. The van der Waals surface area contributed by atoms with Crippen molar-refractivity contribution in [1.29, 1.82) is 0 Å². The van der Waals surface area contributed by atoms with E-state index in [1.165, 1.54) is 0 Å². The summed E-state index contributed by atoms with van der Waals surface area (Å²) in [6.07, 6.45) is 3.59. The summed E-state index contributed by atoms with van der Waals surface area (Å²) < 4.78 is 6.94. The van der Waals surface area contributed by atoms with Crippen molar-refractivity contribution in [1.82, 2.24) is 19.9 Å². The van der Waals surface area contributed by atoms with Gasteiger partial charge in [-0.15, -0.1) is 0 Å². The van der Waals surface area contributed by atoms with Crippen LogP contribution in [0.2, 0.25) is 0 Å². The Balaban J connectivity index is 1.12. The van der Waals surface area contributed by atoms with Crippen molar-refractivity contribution in [2.75, 3.05) is 0 Å². The van der Waals surface area contributed by atoms with Gasteiger partial charge in [0.2, 0.25) is 0 Å². The smallest absolute Gasteiger partial charge is 0.144 e. The molecule has 0 bridgehead atoms. The van der Waals surface area contributed by atoms with Gasteiger partial charge in [0, 0.05) is 50.5 Å². The van der Waals surface area contributed by atoms with Gasteiger partial charge in [-0.3, -0.25) is 9.97 Å². The van der Waals surface area contributed by atoms with Gasteiger partial charge in [-0.1, -0.05) is 109 Å². The molecule has 0 aliphatic carbocycles. The quantitative estimate of drug-likeness (QED) is 0.173. The summed E-state index contributed by atoms with van der Waals surface area (Å²) in [7, 11) is 0. The second-order valence-corrected chi connectivity index (χ2v) is 12.6. The Labute approximate surface area is 293 Å². The molecule has 0 saturated heterocycles. The molecule has 10 rings (SSSR count). The van der Waals surface area contributed by atoms with Crippen LogP contribution in [0.3, 0.4) is 0 Å². The zero-order chi connectivity index (χ0) is 33.7. The third-order valence-electron chi connectivity index (χ3n) is 9.58. The number of benzene rings is 5. The third kappa shape index (κ3) is 4.94. The summed E-state index contributed by atoms with van der Waals surface area (Å²) in [5, 5.41) is 5.41. The van der Waals surface area contributed by atoms with Crippen LogP contribution in [0.5, 0.6) is 0 Å². The first-order chi connectivity index (χ1) is 25.3. The van der Waals surface area contributed by atoms with Gasteiger partial charge in [0.1, 0.15) is 11.2 Å². The zero-order valence-electron chi connectivity index (χ0n) is 27.4. The second kappa shape index (κ2) is 11.9. The van der Waals surface area contributed by atoms with Crippen molar-refractivity contribution in [3.8, 4) is 56.3 Å².